The molecule has 0 bridgehead atoms. The molecule has 1 aromatic heterocycles. The van der Waals surface area contributed by atoms with E-state index in [1.807, 2.05) is 6.92 Å². The van der Waals surface area contributed by atoms with Gasteiger partial charge in [-0.1, -0.05) is 23.8 Å². The second kappa shape index (κ2) is 8.02. The van der Waals surface area contributed by atoms with Gasteiger partial charge in [0.1, 0.15) is 17.6 Å². The van der Waals surface area contributed by atoms with E-state index in [1.165, 1.54) is 0 Å². The molecule has 1 rings (SSSR count). The highest BCUT2D eigenvalue weighted by Gasteiger charge is 2.02. The molecule has 0 aliphatic heterocycles. The Hall–Kier alpha value is -1.17. The van der Waals surface area contributed by atoms with Crippen LogP contribution in [-0.2, 0) is 16.1 Å². The fraction of sp³-hybridized carbons (Fsp3) is 0.500. The fourth-order valence-electron chi connectivity index (χ4n) is 1.25. The van der Waals surface area contributed by atoms with Crippen molar-refractivity contribution in [3.8, 4) is 0 Å². The molecule has 0 radical (unpaired) electrons. The zero-order chi connectivity index (χ0) is 13.4. The zero-order valence-corrected chi connectivity index (χ0v) is 11.5. The number of anilines is 1. The lowest BCUT2D eigenvalue weighted by atomic mass is 10.4. The molecule has 0 spiro atoms. The summed E-state index contributed by atoms with van der Waals surface area (Å²) in [4.78, 5) is 8.29. The van der Waals surface area contributed by atoms with Crippen molar-refractivity contribution in [3.05, 3.63) is 29.2 Å². The SMILES string of the molecule is C=C(C)COCCNc1cc(Cl)nc(COC)n1. The Morgan fingerprint density at radius 2 is 2.28 bits per heavy atom. The van der Waals surface area contributed by atoms with E-state index in [1.54, 1.807) is 13.2 Å². The van der Waals surface area contributed by atoms with Crippen LogP contribution in [0.5, 0.6) is 0 Å². The fourth-order valence-corrected chi connectivity index (χ4v) is 1.45. The largest absolute Gasteiger partial charge is 0.377 e. The summed E-state index contributed by atoms with van der Waals surface area (Å²) in [6.07, 6.45) is 0. The first kappa shape index (κ1) is 14.9. The maximum atomic E-state index is 5.88. The van der Waals surface area contributed by atoms with Crippen LogP contribution in [0, 0.1) is 0 Å². The number of rotatable bonds is 8. The molecule has 0 aliphatic rings. The molecule has 5 nitrogen and oxygen atoms in total. The highest BCUT2D eigenvalue weighted by atomic mass is 35.5. The molecule has 0 saturated carbocycles. The summed E-state index contributed by atoms with van der Waals surface area (Å²) < 4.78 is 10.3. The first-order valence-corrected chi connectivity index (χ1v) is 5.98. The van der Waals surface area contributed by atoms with Crippen LogP contribution in [-0.4, -0.2) is 36.8 Å². The molecule has 0 unspecified atom stereocenters. The highest BCUT2D eigenvalue weighted by Crippen LogP contribution is 2.11. The number of nitrogens with one attached hydrogen (secondary N) is 1. The minimum atomic E-state index is 0.335. The van der Waals surface area contributed by atoms with E-state index < -0.39 is 0 Å². The number of ether oxygens (including phenoxy) is 2. The summed E-state index contributed by atoms with van der Waals surface area (Å²) in [6, 6.07) is 1.67. The van der Waals surface area contributed by atoms with Crippen molar-refractivity contribution in [2.24, 2.45) is 0 Å². The monoisotopic (exact) mass is 271 g/mol. The van der Waals surface area contributed by atoms with E-state index in [9.17, 15) is 0 Å². The molecule has 0 atom stereocenters. The van der Waals surface area contributed by atoms with E-state index in [0.29, 0.717) is 43.2 Å². The maximum Gasteiger partial charge on any atom is 0.158 e. The molecule has 1 heterocycles. The molecule has 6 heteroatoms. The lowest BCUT2D eigenvalue weighted by Crippen LogP contribution is -2.12. The molecule has 1 aromatic rings. The smallest absolute Gasteiger partial charge is 0.158 e. The number of nitrogens with zero attached hydrogens (tertiary/aromatic N) is 2. The topological polar surface area (TPSA) is 56.3 Å². The van der Waals surface area contributed by atoms with Crippen molar-refractivity contribution in [2.45, 2.75) is 13.5 Å². The van der Waals surface area contributed by atoms with Gasteiger partial charge in [0.05, 0.1) is 13.2 Å². The Balaban J connectivity index is 2.39. The molecule has 1 N–H and O–H groups in total. The molecule has 0 amide bonds. The van der Waals surface area contributed by atoms with E-state index in [-0.39, 0.29) is 0 Å². The molecule has 18 heavy (non-hydrogen) atoms. The van der Waals surface area contributed by atoms with Gasteiger partial charge in [0.25, 0.3) is 0 Å². The van der Waals surface area contributed by atoms with Gasteiger partial charge in [-0.25, -0.2) is 9.97 Å². The van der Waals surface area contributed by atoms with Crippen molar-refractivity contribution in [1.29, 1.82) is 0 Å². The van der Waals surface area contributed by atoms with Crippen LogP contribution in [0.15, 0.2) is 18.2 Å². The van der Waals surface area contributed by atoms with Gasteiger partial charge in [-0.2, -0.15) is 0 Å². The van der Waals surface area contributed by atoms with Crippen molar-refractivity contribution < 1.29 is 9.47 Å². The maximum absolute atomic E-state index is 5.88. The lowest BCUT2D eigenvalue weighted by Gasteiger charge is -2.08. The van der Waals surface area contributed by atoms with E-state index in [0.717, 1.165) is 5.57 Å². The van der Waals surface area contributed by atoms with Crippen LogP contribution in [0.2, 0.25) is 5.15 Å². The lowest BCUT2D eigenvalue weighted by molar-refractivity contribution is 0.167. The minimum absolute atomic E-state index is 0.335. The van der Waals surface area contributed by atoms with Crippen LogP contribution >= 0.6 is 11.6 Å². The predicted octanol–water partition coefficient (Wildman–Crippen LogP) is 2.28. The molecular weight excluding hydrogens is 254 g/mol. The molecule has 0 aliphatic carbocycles. The highest BCUT2D eigenvalue weighted by molar-refractivity contribution is 6.29. The molecular formula is C12H18ClN3O2. The standard InChI is InChI=1S/C12H18ClN3O2/c1-9(2)7-18-5-4-14-11-6-10(13)15-12(16-11)8-17-3/h6H,1,4-5,7-8H2,2-3H3,(H,14,15,16). The van der Waals surface area contributed by atoms with Crippen LogP contribution in [0.4, 0.5) is 5.82 Å². The molecule has 0 saturated heterocycles. The Bertz CT molecular complexity index is 399. The third-order valence-corrected chi connectivity index (χ3v) is 2.11. The Morgan fingerprint density at radius 3 is 2.94 bits per heavy atom. The quantitative estimate of drug-likeness (QED) is 0.447. The number of hydrogen-bond donors (Lipinski definition) is 1. The van der Waals surface area contributed by atoms with Crippen molar-refractivity contribution in [2.75, 3.05) is 32.2 Å². The van der Waals surface area contributed by atoms with E-state index in [4.69, 9.17) is 21.1 Å². The van der Waals surface area contributed by atoms with Gasteiger partial charge in [-0.05, 0) is 6.92 Å². The Labute approximate surface area is 112 Å². The Morgan fingerprint density at radius 1 is 1.50 bits per heavy atom. The van der Waals surface area contributed by atoms with Gasteiger partial charge in [0.15, 0.2) is 5.82 Å². The summed E-state index contributed by atoms with van der Waals surface area (Å²) in [5, 5.41) is 3.50. The van der Waals surface area contributed by atoms with Crippen LogP contribution < -0.4 is 5.32 Å². The van der Waals surface area contributed by atoms with Gasteiger partial charge in [-0.3, -0.25) is 0 Å². The second-order valence-electron chi connectivity index (χ2n) is 3.86. The van der Waals surface area contributed by atoms with Crippen LogP contribution in [0.25, 0.3) is 0 Å². The summed E-state index contributed by atoms with van der Waals surface area (Å²) in [7, 11) is 1.59. The second-order valence-corrected chi connectivity index (χ2v) is 4.25. The molecule has 100 valence electrons. The van der Waals surface area contributed by atoms with Gasteiger partial charge < -0.3 is 14.8 Å². The third kappa shape index (κ3) is 5.95. The Kier molecular flexibility index (Phi) is 6.64. The van der Waals surface area contributed by atoms with Gasteiger partial charge >= 0.3 is 0 Å². The summed E-state index contributed by atoms with van der Waals surface area (Å²) >= 11 is 5.88. The van der Waals surface area contributed by atoms with Gasteiger partial charge in [0, 0.05) is 19.7 Å². The zero-order valence-electron chi connectivity index (χ0n) is 10.7. The predicted molar refractivity (Wildman–Crippen MR) is 71.9 cm³/mol. The van der Waals surface area contributed by atoms with Crippen molar-refractivity contribution >= 4 is 17.4 Å². The molecule has 0 aromatic carbocycles. The van der Waals surface area contributed by atoms with Crippen molar-refractivity contribution in [3.63, 3.8) is 0 Å². The normalized spacial score (nSPS) is 10.4. The average Bonchev–Trinajstić information content (AvgIpc) is 2.28. The van der Waals surface area contributed by atoms with E-state index in [2.05, 4.69) is 21.9 Å². The van der Waals surface area contributed by atoms with Crippen LogP contribution in [0.1, 0.15) is 12.7 Å². The molecule has 0 fully saturated rings. The summed E-state index contributed by atoms with van der Waals surface area (Å²) in [6.45, 7) is 7.81. The van der Waals surface area contributed by atoms with Gasteiger partial charge in [0.2, 0.25) is 0 Å². The summed E-state index contributed by atoms with van der Waals surface area (Å²) in [5.74, 6) is 1.22. The van der Waals surface area contributed by atoms with E-state index >= 15 is 0 Å². The minimum Gasteiger partial charge on any atom is -0.377 e. The number of aromatic nitrogens is 2. The van der Waals surface area contributed by atoms with Crippen LogP contribution in [0.3, 0.4) is 0 Å². The average molecular weight is 272 g/mol. The van der Waals surface area contributed by atoms with Crippen molar-refractivity contribution in [1.82, 2.24) is 9.97 Å². The first-order chi connectivity index (χ1) is 8.61. The number of halogens is 1. The first-order valence-electron chi connectivity index (χ1n) is 5.60. The number of methoxy groups -OCH3 is 1. The third-order valence-electron chi connectivity index (χ3n) is 1.92. The number of hydrogen-bond acceptors (Lipinski definition) is 5. The summed E-state index contributed by atoms with van der Waals surface area (Å²) in [5.41, 5.74) is 1.00. The van der Waals surface area contributed by atoms with Gasteiger partial charge in [-0.15, -0.1) is 0 Å².